The Morgan fingerprint density at radius 3 is 2.13 bits per heavy atom. The Kier molecular flexibility index (Phi) is 6.86. The van der Waals surface area contributed by atoms with Crippen LogP contribution in [0, 0.1) is 0 Å². The van der Waals surface area contributed by atoms with Gasteiger partial charge in [0, 0.05) is 42.1 Å². The van der Waals surface area contributed by atoms with Gasteiger partial charge in [0.05, 0.1) is 6.54 Å². The Morgan fingerprint density at radius 1 is 0.600 bits per heavy atom. The van der Waals surface area contributed by atoms with Crippen LogP contribution in [0.4, 0.5) is 0 Å². The smallest absolute Gasteiger partial charge is 0.162 e. The number of rotatable bonds is 5. The van der Waals surface area contributed by atoms with Gasteiger partial charge in [0.1, 0.15) is 11.2 Å². The van der Waals surface area contributed by atoms with Gasteiger partial charge in [0.2, 0.25) is 0 Å². The number of thiophene rings is 1. The molecule has 0 aliphatic heterocycles. The summed E-state index contributed by atoms with van der Waals surface area (Å²) in [6.45, 7) is 4.53. The van der Waals surface area contributed by atoms with Crippen LogP contribution >= 0.6 is 11.3 Å². The second kappa shape index (κ2) is 11.5. The summed E-state index contributed by atoms with van der Waals surface area (Å²) in [5, 5.41) is 4.30. The summed E-state index contributed by atoms with van der Waals surface area (Å²) in [6, 6.07) is 47.7. The second-order valence-corrected chi connectivity index (χ2v) is 11.9. The number of hydrogen-bond donors (Lipinski definition) is 0. The van der Waals surface area contributed by atoms with Crippen LogP contribution in [0.5, 0.6) is 0 Å². The van der Waals surface area contributed by atoms with Crippen LogP contribution in [-0.4, -0.2) is 18.4 Å². The van der Waals surface area contributed by atoms with E-state index >= 15 is 0 Å². The highest BCUT2D eigenvalue weighted by Gasteiger charge is 2.21. The minimum Gasteiger partial charge on any atom is -0.456 e. The van der Waals surface area contributed by atoms with Crippen LogP contribution in [0.2, 0.25) is 0 Å². The molecule has 0 atom stereocenters. The average Bonchev–Trinajstić information content (AvgIpc) is 3.68. The number of benzene rings is 6. The van der Waals surface area contributed by atoms with Crippen molar-refractivity contribution in [3.63, 3.8) is 0 Å². The number of nitrogens with zero attached hydrogens (tertiary/aromatic N) is 3. The number of hydrogen-bond acceptors (Lipinski definition) is 3. The lowest BCUT2D eigenvalue weighted by Gasteiger charge is -2.13. The molecule has 6 aromatic carbocycles. The first kappa shape index (κ1) is 26.9. The van der Waals surface area contributed by atoms with Gasteiger partial charge in [-0.2, -0.15) is 0 Å². The quantitative estimate of drug-likeness (QED) is 0.144. The molecular formula is C40H27N3OS. The third-order valence-electron chi connectivity index (χ3n) is 8.11. The largest absolute Gasteiger partial charge is 0.456 e. The fourth-order valence-electron chi connectivity index (χ4n) is 6.07. The molecule has 8 rings (SSSR count). The van der Waals surface area contributed by atoms with Gasteiger partial charge in [-0.3, -0.25) is 4.99 Å². The normalized spacial score (nSPS) is 12.4. The maximum atomic E-state index is 6.32. The van der Waals surface area contributed by atoms with E-state index < -0.39 is 0 Å². The highest BCUT2D eigenvalue weighted by molar-refractivity contribution is 7.25. The maximum absolute atomic E-state index is 6.32. The second-order valence-electron chi connectivity index (χ2n) is 10.8. The molecule has 0 amide bonds. The van der Waals surface area contributed by atoms with Gasteiger partial charge in [-0.25, -0.2) is 9.98 Å². The molecule has 0 aliphatic rings. The summed E-state index contributed by atoms with van der Waals surface area (Å²) in [5.74, 6) is 1.11. The maximum Gasteiger partial charge on any atom is 0.162 e. The summed E-state index contributed by atoms with van der Waals surface area (Å²) in [6.07, 6.45) is 0. The lowest BCUT2D eigenvalue weighted by Crippen LogP contribution is -2.08. The third-order valence-corrected chi connectivity index (χ3v) is 9.25. The molecule has 4 nitrogen and oxygen atoms in total. The van der Waals surface area contributed by atoms with Gasteiger partial charge in [-0.15, -0.1) is 11.3 Å². The first-order chi connectivity index (χ1) is 22.3. The van der Waals surface area contributed by atoms with Crippen molar-refractivity contribution in [2.45, 2.75) is 6.54 Å². The van der Waals surface area contributed by atoms with Crippen LogP contribution in [0.15, 0.2) is 159 Å². The molecule has 0 unspecified atom stereocenters. The predicted octanol–water partition coefficient (Wildman–Crippen LogP) is 10.7. The van der Waals surface area contributed by atoms with Crippen LogP contribution in [0.25, 0.3) is 53.2 Å². The zero-order valence-corrected chi connectivity index (χ0v) is 25.2. The first-order valence-corrected chi connectivity index (χ1v) is 15.6. The Hall–Kier alpha value is -5.65. The number of aliphatic imine (C=N–C) groups is 3. The number of amidine groups is 2. The molecule has 2 heterocycles. The number of fused-ring (bicyclic) bond motifs is 6. The third kappa shape index (κ3) is 4.84. The minimum atomic E-state index is 0.479. The molecule has 0 N–H and O–H groups in total. The predicted molar refractivity (Wildman–Crippen MR) is 191 cm³/mol. The standard InChI is InChI=1S/C40H27N3OS/c1-41-40(38-28(27-15-6-3-7-16-27)23-24-33-37(38)29-17-8-10-20-32(29)44-33)43-39(42-25-26-13-4-2-5-14-26)31-19-12-22-35-36(31)30-18-9-11-21-34(30)45-35/h2-24H,1,25H2. The zero-order chi connectivity index (χ0) is 30.2. The van der Waals surface area contributed by atoms with Crippen molar-refractivity contribution in [2.75, 3.05) is 0 Å². The molecule has 5 heteroatoms. The SMILES string of the molecule is C=NC(=NC(=NCc1ccccc1)c1cccc2sc3ccccc3c12)c1c(-c2ccccc2)ccc2oc3ccccc3c12. The molecule has 2 aromatic heterocycles. The van der Waals surface area contributed by atoms with Gasteiger partial charge in [0.25, 0.3) is 0 Å². The van der Waals surface area contributed by atoms with E-state index in [2.05, 4.69) is 90.6 Å². The molecule has 0 spiro atoms. The Morgan fingerprint density at radius 2 is 1.31 bits per heavy atom. The Labute approximate surface area is 264 Å². The molecule has 214 valence electrons. The van der Waals surface area contributed by atoms with Crippen molar-refractivity contribution in [3.05, 3.63) is 156 Å². The van der Waals surface area contributed by atoms with E-state index in [1.54, 1.807) is 11.3 Å². The van der Waals surface area contributed by atoms with Crippen molar-refractivity contribution in [1.82, 2.24) is 0 Å². The van der Waals surface area contributed by atoms with Crippen LogP contribution in [0.1, 0.15) is 16.7 Å². The molecule has 0 bridgehead atoms. The van der Waals surface area contributed by atoms with Crippen LogP contribution < -0.4 is 0 Å². The van der Waals surface area contributed by atoms with Crippen molar-refractivity contribution >= 4 is 71.8 Å². The Bertz CT molecular complexity index is 2420. The molecule has 0 radical (unpaired) electrons. The highest BCUT2D eigenvalue weighted by atomic mass is 32.1. The van der Waals surface area contributed by atoms with Gasteiger partial charge < -0.3 is 4.42 Å². The fourth-order valence-corrected chi connectivity index (χ4v) is 7.20. The number of furan rings is 1. The molecular weight excluding hydrogens is 571 g/mol. The lowest BCUT2D eigenvalue weighted by molar-refractivity contribution is 0.669. The average molecular weight is 598 g/mol. The van der Waals surface area contributed by atoms with Crippen LogP contribution in [0.3, 0.4) is 0 Å². The van der Waals surface area contributed by atoms with Gasteiger partial charge in [-0.1, -0.05) is 109 Å². The highest BCUT2D eigenvalue weighted by Crippen LogP contribution is 2.39. The van der Waals surface area contributed by atoms with E-state index in [-0.39, 0.29) is 0 Å². The van der Waals surface area contributed by atoms with E-state index in [1.807, 2.05) is 60.7 Å². The van der Waals surface area contributed by atoms with E-state index in [4.69, 9.17) is 14.4 Å². The van der Waals surface area contributed by atoms with Gasteiger partial charge in [-0.05, 0) is 53.7 Å². The molecule has 0 aliphatic carbocycles. The van der Waals surface area contributed by atoms with Crippen molar-refractivity contribution in [1.29, 1.82) is 0 Å². The molecule has 8 aromatic rings. The summed E-state index contributed by atoms with van der Waals surface area (Å²) < 4.78 is 8.75. The summed E-state index contributed by atoms with van der Waals surface area (Å²) >= 11 is 1.78. The topological polar surface area (TPSA) is 50.2 Å². The van der Waals surface area contributed by atoms with Crippen LogP contribution in [-0.2, 0) is 6.54 Å². The Balaban J connectivity index is 1.43. The number of para-hydroxylation sites is 1. The lowest BCUT2D eigenvalue weighted by atomic mass is 9.94. The monoisotopic (exact) mass is 597 g/mol. The van der Waals surface area contributed by atoms with Gasteiger partial charge >= 0.3 is 0 Å². The minimum absolute atomic E-state index is 0.479. The van der Waals surface area contributed by atoms with Gasteiger partial charge in [0.15, 0.2) is 11.7 Å². The van der Waals surface area contributed by atoms with E-state index in [0.717, 1.165) is 55.1 Å². The molecule has 0 saturated heterocycles. The molecule has 0 fully saturated rings. The molecule has 45 heavy (non-hydrogen) atoms. The summed E-state index contributed by atoms with van der Waals surface area (Å²) in [4.78, 5) is 15.1. The van der Waals surface area contributed by atoms with E-state index in [9.17, 15) is 0 Å². The van der Waals surface area contributed by atoms with E-state index in [0.29, 0.717) is 18.2 Å². The first-order valence-electron chi connectivity index (χ1n) is 14.8. The molecule has 0 saturated carbocycles. The van der Waals surface area contributed by atoms with Crippen molar-refractivity contribution in [3.8, 4) is 11.1 Å². The fraction of sp³-hybridized carbons (Fsp3) is 0.0250. The van der Waals surface area contributed by atoms with E-state index in [1.165, 1.54) is 14.8 Å². The summed E-state index contributed by atoms with van der Waals surface area (Å²) in [7, 11) is 0. The van der Waals surface area contributed by atoms with Crippen molar-refractivity contribution in [2.24, 2.45) is 15.0 Å². The summed E-state index contributed by atoms with van der Waals surface area (Å²) in [5.41, 5.74) is 6.59. The van der Waals surface area contributed by atoms with Crippen molar-refractivity contribution < 1.29 is 4.42 Å². The zero-order valence-electron chi connectivity index (χ0n) is 24.4.